The molecule has 0 aliphatic heterocycles. The van der Waals surface area contributed by atoms with Gasteiger partial charge in [0.05, 0.1) is 0 Å². The van der Waals surface area contributed by atoms with E-state index >= 15 is 0 Å². The SMILES string of the molecule is Cc1cc(C)c(CNC(=O)c2cc(-c3cn(C)c(=O)c4[nH]ccc34)cc3c2ccn3C(C)C)c(=O)[nH]1. The summed E-state index contributed by atoms with van der Waals surface area (Å²) in [6.07, 6.45) is 5.54. The molecule has 0 fully saturated rings. The van der Waals surface area contributed by atoms with Crippen LogP contribution in [-0.2, 0) is 13.6 Å². The van der Waals surface area contributed by atoms with Crippen molar-refractivity contribution in [1.82, 2.24) is 24.4 Å². The second kappa shape index (κ2) is 8.71. The van der Waals surface area contributed by atoms with Gasteiger partial charge < -0.3 is 24.4 Å². The highest BCUT2D eigenvalue weighted by Gasteiger charge is 2.19. The number of aryl methyl sites for hydroxylation is 3. The van der Waals surface area contributed by atoms with E-state index in [1.807, 2.05) is 44.3 Å². The summed E-state index contributed by atoms with van der Waals surface area (Å²) in [5.41, 5.74) is 5.49. The second-order valence-electron chi connectivity index (χ2n) is 9.62. The number of carbonyl (C=O) groups excluding carboxylic acids is 1. The van der Waals surface area contributed by atoms with Gasteiger partial charge in [-0.25, -0.2) is 0 Å². The molecule has 36 heavy (non-hydrogen) atoms. The van der Waals surface area contributed by atoms with Crippen molar-refractivity contribution in [2.24, 2.45) is 7.05 Å². The maximum Gasteiger partial charge on any atom is 0.274 e. The number of carbonyl (C=O) groups is 1. The fourth-order valence-corrected chi connectivity index (χ4v) is 4.92. The average Bonchev–Trinajstić information content (AvgIpc) is 3.47. The third kappa shape index (κ3) is 3.84. The predicted octanol–water partition coefficient (Wildman–Crippen LogP) is 4.30. The summed E-state index contributed by atoms with van der Waals surface area (Å²) in [5, 5.41) is 4.58. The molecule has 3 N–H and O–H groups in total. The normalized spacial score (nSPS) is 11.6. The van der Waals surface area contributed by atoms with Crippen LogP contribution in [-0.4, -0.2) is 25.0 Å². The molecule has 1 amide bonds. The molecule has 0 saturated carbocycles. The van der Waals surface area contributed by atoms with Gasteiger partial charge in [0, 0.05) is 76.9 Å². The lowest BCUT2D eigenvalue weighted by Crippen LogP contribution is -2.28. The molecule has 5 rings (SSSR count). The highest BCUT2D eigenvalue weighted by atomic mass is 16.2. The summed E-state index contributed by atoms with van der Waals surface area (Å²) in [4.78, 5) is 44.4. The molecular weight excluding hydrogens is 454 g/mol. The summed E-state index contributed by atoms with van der Waals surface area (Å²) in [5.74, 6) is -0.266. The van der Waals surface area contributed by atoms with Crippen LogP contribution >= 0.6 is 0 Å². The summed E-state index contributed by atoms with van der Waals surface area (Å²) in [6, 6.07) is 9.84. The number of fused-ring (bicyclic) bond motifs is 2. The van der Waals surface area contributed by atoms with Crippen molar-refractivity contribution in [3.63, 3.8) is 0 Å². The molecule has 4 aromatic heterocycles. The molecule has 4 heterocycles. The average molecular weight is 484 g/mol. The Morgan fingerprint density at radius 2 is 1.86 bits per heavy atom. The Bertz CT molecular complexity index is 1760. The first-order chi connectivity index (χ1) is 17.2. The number of nitrogens with one attached hydrogen (secondary N) is 3. The number of H-pyrrole nitrogens is 2. The third-order valence-corrected chi connectivity index (χ3v) is 6.76. The van der Waals surface area contributed by atoms with E-state index < -0.39 is 0 Å². The van der Waals surface area contributed by atoms with E-state index in [0.29, 0.717) is 16.6 Å². The lowest BCUT2D eigenvalue weighted by molar-refractivity contribution is 0.0952. The molecule has 8 heteroatoms. The largest absolute Gasteiger partial charge is 0.357 e. The number of amides is 1. The molecular formula is C28H29N5O3. The predicted molar refractivity (Wildman–Crippen MR) is 143 cm³/mol. The standard InChI is InChI=1S/C28H29N5O3/c1-15(2)33-9-7-19-21(26(34)30-13-22-16(3)10-17(4)31-27(22)35)11-18(12-24(19)33)23-14-32(5)28(36)25-20(23)6-8-29-25/h6-12,14-15,29H,13H2,1-5H3,(H,30,34)(H,31,35). The number of hydrogen-bond acceptors (Lipinski definition) is 3. The van der Waals surface area contributed by atoms with Crippen molar-refractivity contribution in [1.29, 1.82) is 0 Å². The Balaban J connectivity index is 1.65. The van der Waals surface area contributed by atoms with E-state index in [1.165, 1.54) is 0 Å². The van der Waals surface area contributed by atoms with E-state index in [2.05, 4.69) is 39.8 Å². The van der Waals surface area contributed by atoms with Gasteiger partial charge >= 0.3 is 0 Å². The van der Waals surface area contributed by atoms with Gasteiger partial charge in [0.25, 0.3) is 17.0 Å². The minimum absolute atomic E-state index is 0.109. The van der Waals surface area contributed by atoms with Crippen molar-refractivity contribution in [2.75, 3.05) is 0 Å². The Labute approximate surface area is 207 Å². The second-order valence-corrected chi connectivity index (χ2v) is 9.62. The summed E-state index contributed by atoms with van der Waals surface area (Å²) in [7, 11) is 1.72. The van der Waals surface area contributed by atoms with Crippen LogP contribution in [0.5, 0.6) is 0 Å². The molecule has 5 aromatic rings. The van der Waals surface area contributed by atoms with Crippen molar-refractivity contribution in [3.05, 3.63) is 92.0 Å². The Morgan fingerprint density at radius 1 is 1.08 bits per heavy atom. The van der Waals surface area contributed by atoms with Gasteiger partial charge in [-0.2, -0.15) is 0 Å². The minimum atomic E-state index is -0.266. The first kappa shape index (κ1) is 23.4. The molecule has 0 saturated heterocycles. The van der Waals surface area contributed by atoms with Gasteiger partial charge in [0.15, 0.2) is 0 Å². The van der Waals surface area contributed by atoms with Gasteiger partial charge in [-0.05, 0) is 69.2 Å². The van der Waals surface area contributed by atoms with Gasteiger partial charge in [-0.15, -0.1) is 0 Å². The smallest absolute Gasteiger partial charge is 0.274 e. The fraction of sp³-hybridized carbons (Fsp3) is 0.250. The monoisotopic (exact) mass is 483 g/mol. The fourth-order valence-electron chi connectivity index (χ4n) is 4.92. The minimum Gasteiger partial charge on any atom is -0.357 e. The Morgan fingerprint density at radius 3 is 2.58 bits per heavy atom. The van der Waals surface area contributed by atoms with E-state index in [1.54, 1.807) is 24.0 Å². The zero-order valence-electron chi connectivity index (χ0n) is 21.0. The molecule has 0 unspecified atom stereocenters. The number of rotatable bonds is 5. The van der Waals surface area contributed by atoms with E-state index in [9.17, 15) is 14.4 Å². The summed E-state index contributed by atoms with van der Waals surface area (Å²) >= 11 is 0. The summed E-state index contributed by atoms with van der Waals surface area (Å²) in [6.45, 7) is 8.01. The van der Waals surface area contributed by atoms with Crippen LogP contribution in [0.2, 0.25) is 0 Å². The van der Waals surface area contributed by atoms with E-state index in [4.69, 9.17) is 0 Å². The van der Waals surface area contributed by atoms with Crippen molar-refractivity contribution in [3.8, 4) is 11.1 Å². The summed E-state index contributed by atoms with van der Waals surface area (Å²) < 4.78 is 3.67. The Hall–Kier alpha value is -4.33. The maximum atomic E-state index is 13.5. The van der Waals surface area contributed by atoms with Crippen LogP contribution in [0.25, 0.3) is 32.9 Å². The molecule has 0 aliphatic carbocycles. The molecule has 0 radical (unpaired) electrons. The van der Waals surface area contributed by atoms with Crippen molar-refractivity contribution in [2.45, 2.75) is 40.3 Å². The zero-order valence-corrected chi connectivity index (χ0v) is 21.0. The van der Waals surface area contributed by atoms with Crippen LogP contribution < -0.4 is 16.4 Å². The zero-order chi connectivity index (χ0) is 25.7. The highest BCUT2D eigenvalue weighted by molar-refractivity contribution is 6.09. The number of nitrogens with zero attached hydrogens (tertiary/aromatic N) is 2. The van der Waals surface area contributed by atoms with Gasteiger partial charge in [0.2, 0.25) is 0 Å². The Kier molecular flexibility index (Phi) is 5.67. The lowest BCUT2D eigenvalue weighted by atomic mass is 9.98. The first-order valence-electron chi connectivity index (χ1n) is 11.9. The first-order valence-corrected chi connectivity index (χ1v) is 11.9. The van der Waals surface area contributed by atoms with Crippen LogP contribution in [0.15, 0.2) is 58.5 Å². The molecule has 1 aromatic carbocycles. The van der Waals surface area contributed by atoms with Crippen LogP contribution in [0.1, 0.15) is 47.1 Å². The number of pyridine rings is 2. The highest BCUT2D eigenvalue weighted by Crippen LogP contribution is 2.33. The van der Waals surface area contributed by atoms with E-state index in [-0.39, 0.29) is 29.6 Å². The number of benzene rings is 1. The van der Waals surface area contributed by atoms with Crippen molar-refractivity contribution >= 4 is 27.7 Å². The molecule has 0 bridgehead atoms. The van der Waals surface area contributed by atoms with Gasteiger partial charge in [-0.3, -0.25) is 14.4 Å². The number of aromatic amines is 2. The van der Waals surface area contributed by atoms with Gasteiger partial charge in [-0.1, -0.05) is 0 Å². The molecule has 0 atom stereocenters. The molecule has 184 valence electrons. The topological polar surface area (TPSA) is 105 Å². The van der Waals surface area contributed by atoms with E-state index in [0.717, 1.165) is 38.7 Å². The lowest BCUT2D eigenvalue weighted by Gasteiger charge is -2.15. The molecule has 8 nitrogen and oxygen atoms in total. The quantitative estimate of drug-likeness (QED) is 0.347. The van der Waals surface area contributed by atoms with Crippen LogP contribution in [0.4, 0.5) is 0 Å². The van der Waals surface area contributed by atoms with Crippen LogP contribution in [0.3, 0.4) is 0 Å². The molecule has 0 spiro atoms. The third-order valence-electron chi connectivity index (χ3n) is 6.76. The van der Waals surface area contributed by atoms with Gasteiger partial charge in [0.1, 0.15) is 5.52 Å². The maximum absolute atomic E-state index is 13.5. The molecule has 0 aliphatic rings. The number of hydrogen-bond donors (Lipinski definition) is 3. The van der Waals surface area contributed by atoms with Crippen molar-refractivity contribution < 1.29 is 4.79 Å². The van der Waals surface area contributed by atoms with Crippen LogP contribution in [0, 0.1) is 13.8 Å². The number of aromatic nitrogens is 4.